The van der Waals surface area contributed by atoms with E-state index in [-0.39, 0.29) is 17.5 Å². The second-order valence-electron chi connectivity index (χ2n) is 4.87. The smallest absolute Gasteiger partial charge is 0.251 e. The molecule has 1 aliphatic rings. The highest BCUT2D eigenvalue weighted by atomic mass is 16.2. The summed E-state index contributed by atoms with van der Waals surface area (Å²) in [5.41, 5.74) is 0.693. The lowest BCUT2D eigenvalue weighted by molar-refractivity contribution is -0.124. The van der Waals surface area contributed by atoms with Crippen molar-refractivity contribution in [2.24, 2.45) is 0 Å². The van der Waals surface area contributed by atoms with Gasteiger partial charge in [-0.1, -0.05) is 6.58 Å². The van der Waals surface area contributed by atoms with E-state index in [1.54, 1.807) is 17.9 Å². The van der Waals surface area contributed by atoms with Crippen LogP contribution >= 0.6 is 0 Å². The molecule has 0 aromatic carbocycles. The molecule has 0 radical (unpaired) electrons. The molecule has 0 bridgehead atoms. The van der Waals surface area contributed by atoms with Crippen LogP contribution in [0.2, 0.25) is 0 Å². The highest BCUT2D eigenvalue weighted by molar-refractivity contribution is 5.93. The number of allylic oxidation sites excluding steroid dienone is 1. The van der Waals surface area contributed by atoms with Gasteiger partial charge < -0.3 is 9.69 Å². The summed E-state index contributed by atoms with van der Waals surface area (Å²) in [7, 11) is 0. The third-order valence-corrected chi connectivity index (χ3v) is 3.10. The molecule has 0 aliphatic carbocycles. The maximum Gasteiger partial charge on any atom is 0.251 e. The van der Waals surface area contributed by atoms with Crippen LogP contribution in [0.15, 0.2) is 24.4 Å². The molecule has 1 heterocycles. The van der Waals surface area contributed by atoms with E-state index in [2.05, 4.69) is 6.58 Å². The summed E-state index contributed by atoms with van der Waals surface area (Å²) in [6, 6.07) is 0. The molecule has 4 nitrogen and oxygen atoms in total. The first-order valence-electron chi connectivity index (χ1n) is 6.70. The quantitative estimate of drug-likeness (QED) is 0.600. The van der Waals surface area contributed by atoms with Crippen LogP contribution in [0.4, 0.5) is 0 Å². The van der Waals surface area contributed by atoms with Crippen molar-refractivity contribution in [3.63, 3.8) is 0 Å². The van der Waals surface area contributed by atoms with Crippen LogP contribution in [0.5, 0.6) is 0 Å². The van der Waals surface area contributed by atoms with Gasteiger partial charge in [0.2, 0.25) is 0 Å². The number of hydrogen-bond donors (Lipinski definition) is 0. The standard InChI is InChI=1S/C15H21NO3/c1-12-9-10-15(19)16(12)11-5-8-14(18)7-4-3-6-13(2)17/h9-10H,1,3-8,11H2,2H3. The van der Waals surface area contributed by atoms with E-state index in [0.29, 0.717) is 37.9 Å². The van der Waals surface area contributed by atoms with Crippen LogP contribution in [0.1, 0.15) is 45.4 Å². The molecule has 0 saturated carbocycles. The number of carbonyl (C=O) groups excluding carboxylic acids is 3. The van der Waals surface area contributed by atoms with Crippen molar-refractivity contribution in [3.05, 3.63) is 24.4 Å². The van der Waals surface area contributed by atoms with Crippen molar-refractivity contribution in [2.75, 3.05) is 6.54 Å². The van der Waals surface area contributed by atoms with Crippen molar-refractivity contribution in [2.45, 2.75) is 45.4 Å². The van der Waals surface area contributed by atoms with Crippen molar-refractivity contribution >= 4 is 17.5 Å². The van der Waals surface area contributed by atoms with E-state index < -0.39 is 0 Å². The van der Waals surface area contributed by atoms with E-state index in [1.807, 2.05) is 0 Å². The molecule has 1 rings (SSSR count). The fraction of sp³-hybridized carbons (Fsp3) is 0.533. The predicted molar refractivity (Wildman–Crippen MR) is 73.4 cm³/mol. The van der Waals surface area contributed by atoms with Crippen LogP contribution in [0, 0.1) is 0 Å². The first-order valence-corrected chi connectivity index (χ1v) is 6.70. The number of carbonyl (C=O) groups is 3. The average Bonchev–Trinajstić information content (AvgIpc) is 2.66. The summed E-state index contributed by atoms with van der Waals surface area (Å²) in [6.07, 6.45) is 6.97. The van der Waals surface area contributed by atoms with Gasteiger partial charge in [-0.2, -0.15) is 0 Å². The van der Waals surface area contributed by atoms with Gasteiger partial charge in [0.15, 0.2) is 0 Å². The zero-order chi connectivity index (χ0) is 14.3. The van der Waals surface area contributed by atoms with E-state index in [4.69, 9.17) is 0 Å². The number of ketones is 2. The molecule has 1 amide bonds. The Morgan fingerprint density at radius 3 is 2.32 bits per heavy atom. The first-order chi connectivity index (χ1) is 9.00. The highest BCUT2D eigenvalue weighted by Gasteiger charge is 2.17. The predicted octanol–water partition coefficient (Wildman–Crippen LogP) is 2.40. The number of Topliss-reactive ketones (excluding diaryl/α,β-unsaturated/α-hetero) is 2. The molecule has 0 unspecified atom stereocenters. The lowest BCUT2D eigenvalue weighted by atomic mass is 10.1. The summed E-state index contributed by atoms with van der Waals surface area (Å²) < 4.78 is 0. The molecular weight excluding hydrogens is 242 g/mol. The Labute approximate surface area is 114 Å². The summed E-state index contributed by atoms with van der Waals surface area (Å²) >= 11 is 0. The lowest BCUT2D eigenvalue weighted by Crippen LogP contribution is -2.25. The molecule has 4 heteroatoms. The van der Waals surface area contributed by atoms with Crippen LogP contribution in [-0.4, -0.2) is 28.9 Å². The Kier molecular flexibility index (Phi) is 6.19. The highest BCUT2D eigenvalue weighted by Crippen LogP contribution is 2.14. The monoisotopic (exact) mass is 263 g/mol. The lowest BCUT2D eigenvalue weighted by Gasteiger charge is -2.16. The van der Waals surface area contributed by atoms with Crippen LogP contribution in [0.3, 0.4) is 0 Å². The van der Waals surface area contributed by atoms with Gasteiger partial charge in [-0.15, -0.1) is 0 Å². The Morgan fingerprint density at radius 2 is 1.74 bits per heavy atom. The van der Waals surface area contributed by atoms with Crippen molar-refractivity contribution in [3.8, 4) is 0 Å². The van der Waals surface area contributed by atoms with Gasteiger partial charge in [0.05, 0.1) is 0 Å². The van der Waals surface area contributed by atoms with Gasteiger partial charge in [-0.25, -0.2) is 0 Å². The number of rotatable bonds is 9. The summed E-state index contributed by atoms with van der Waals surface area (Å²) in [4.78, 5) is 35.3. The molecule has 104 valence electrons. The Balaban J connectivity index is 2.09. The third kappa shape index (κ3) is 5.64. The second-order valence-corrected chi connectivity index (χ2v) is 4.87. The average molecular weight is 263 g/mol. The Bertz CT molecular complexity index is 392. The van der Waals surface area contributed by atoms with E-state index >= 15 is 0 Å². The van der Waals surface area contributed by atoms with Gasteiger partial charge in [-0.3, -0.25) is 9.59 Å². The van der Waals surface area contributed by atoms with Crippen LogP contribution in [0.25, 0.3) is 0 Å². The van der Waals surface area contributed by atoms with Gasteiger partial charge in [0, 0.05) is 37.6 Å². The van der Waals surface area contributed by atoms with Crippen LogP contribution in [-0.2, 0) is 14.4 Å². The number of nitrogens with zero attached hydrogens (tertiary/aromatic N) is 1. The zero-order valence-electron chi connectivity index (χ0n) is 11.5. The molecule has 1 aliphatic heterocycles. The van der Waals surface area contributed by atoms with Gasteiger partial charge in [0.1, 0.15) is 11.6 Å². The minimum absolute atomic E-state index is 0.0566. The molecule has 0 spiro atoms. The molecule has 0 atom stereocenters. The Hall–Kier alpha value is -1.71. The fourth-order valence-corrected chi connectivity index (χ4v) is 2.00. The number of unbranched alkanes of at least 4 members (excludes halogenated alkanes) is 1. The van der Waals surface area contributed by atoms with Crippen molar-refractivity contribution < 1.29 is 14.4 Å². The van der Waals surface area contributed by atoms with Gasteiger partial charge in [0.25, 0.3) is 5.91 Å². The minimum atomic E-state index is -0.0566. The van der Waals surface area contributed by atoms with E-state index in [1.165, 1.54) is 6.08 Å². The molecular formula is C15H21NO3. The van der Waals surface area contributed by atoms with Crippen LogP contribution < -0.4 is 0 Å². The topological polar surface area (TPSA) is 54.5 Å². The van der Waals surface area contributed by atoms with Gasteiger partial charge >= 0.3 is 0 Å². The largest absolute Gasteiger partial charge is 0.309 e. The molecule has 0 aromatic heterocycles. The maximum absolute atomic E-state index is 11.6. The molecule has 19 heavy (non-hydrogen) atoms. The first kappa shape index (κ1) is 15.3. The third-order valence-electron chi connectivity index (χ3n) is 3.10. The SMILES string of the molecule is C=C1C=CC(=O)N1CCCC(=O)CCCCC(C)=O. The molecule has 0 fully saturated rings. The Morgan fingerprint density at radius 1 is 1.11 bits per heavy atom. The van der Waals surface area contributed by atoms with E-state index in [0.717, 1.165) is 12.8 Å². The minimum Gasteiger partial charge on any atom is -0.309 e. The second kappa shape index (κ2) is 7.67. The molecule has 0 N–H and O–H groups in total. The normalized spacial score (nSPS) is 14.3. The molecule has 0 aromatic rings. The number of amides is 1. The van der Waals surface area contributed by atoms with Crippen molar-refractivity contribution in [1.29, 1.82) is 0 Å². The van der Waals surface area contributed by atoms with Crippen molar-refractivity contribution in [1.82, 2.24) is 4.90 Å². The fourth-order valence-electron chi connectivity index (χ4n) is 2.00. The number of hydrogen-bond acceptors (Lipinski definition) is 3. The van der Waals surface area contributed by atoms with Gasteiger partial charge in [-0.05, 0) is 32.3 Å². The summed E-state index contributed by atoms with van der Waals surface area (Å²) in [5, 5.41) is 0. The summed E-state index contributed by atoms with van der Waals surface area (Å²) in [5.74, 6) is 0.318. The summed E-state index contributed by atoms with van der Waals surface area (Å²) in [6.45, 7) is 5.87. The van der Waals surface area contributed by atoms with E-state index in [9.17, 15) is 14.4 Å². The maximum atomic E-state index is 11.6. The zero-order valence-corrected chi connectivity index (χ0v) is 11.5. The molecule has 0 saturated heterocycles.